The smallest absolute Gasteiger partial charge is 0.0409 e. The molecule has 0 bridgehead atoms. The van der Waals surface area contributed by atoms with Crippen LogP contribution in [0.15, 0.2) is 24.3 Å². The fourth-order valence-corrected chi connectivity index (χ4v) is 1.99. The molecule has 0 saturated heterocycles. The SMILES string of the molecule is CCC(N)CCN(C)C(C)c1cccc(Cl)c1. The Hall–Kier alpha value is -0.570. The van der Waals surface area contributed by atoms with Gasteiger partial charge in [0.25, 0.3) is 0 Å². The van der Waals surface area contributed by atoms with Crippen LogP contribution in [0, 0.1) is 0 Å². The summed E-state index contributed by atoms with van der Waals surface area (Å²) in [7, 11) is 2.13. The molecule has 3 heteroatoms. The van der Waals surface area contributed by atoms with Crippen LogP contribution in [-0.2, 0) is 0 Å². The van der Waals surface area contributed by atoms with Crippen LogP contribution in [0.5, 0.6) is 0 Å². The van der Waals surface area contributed by atoms with Crippen LogP contribution in [0.2, 0.25) is 5.02 Å². The molecule has 2 N–H and O–H groups in total. The lowest BCUT2D eigenvalue weighted by molar-refractivity contribution is 0.250. The van der Waals surface area contributed by atoms with E-state index in [4.69, 9.17) is 17.3 Å². The fourth-order valence-electron chi connectivity index (χ4n) is 1.79. The second-order valence-electron chi connectivity index (χ2n) is 4.67. The van der Waals surface area contributed by atoms with Gasteiger partial charge in [0, 0.05) is 17.1 Å². The van der Waals surface area contributed by atoms with Crippen LogP contribution in [0.4, 0.5) is 0 Å². The number of benzene rings is 1. The molecular formula is C14H23ClN2. The van der Waals surface area contributed by atoms with Crippen molar-refractivity contribution < 1.29 is 0 Å². The van der Waals surface area contributed by atoms with Gasteiger partial charge < -0.3 is 5.73 Å². The lowest BCUT2D eigenvalue weighted by Crippen LogP contribution is -2.29. The standard InChI is InChI=1S/C14H23ClN2/c1-4-14(16)8-9-17(3)11(2)12-6-5-7-13(15)10-12/h5-7,10-11,14H,4,8-9,16H2,1-3H3. The van der Waals surface area contributed by atoms with Gasteiger partial charge in [-0.2, -0.15) is 0 Å². The van der Waals surface area contributed by atoms with Crippen LogP contribution in [0.25, 0.3) is 0 Å². The summed E-state index contributed by atoms with van der Waals surface area (Å²) >= 11 is 6.01. The molecule has 2 unspecified atom stereocenters. The summed E-state index contributed by atoms with van der Waals surface area (Å²) in [4.78, 5) is 2.32. The maximum atomic E-state index is 6.01. The topological polar surface area (TPSA) is 29.3 Å². The first-order valence-electron chi connectivity index (χ1n) is 6.25. The minimum absolute atomic E-state index is 0.309. The number of hydrogen-bond donors (Lipinski definition) is 1. The lowest BCUT2D eigenvalue weighted by atomic mass is 10.1. The van der Waals surface area contributed by atoms with Crippen LogP contribution in [0.3, 0.4) is 0 Å². The van der Waals surface area contributed by atoms with Crippen molar-refractivity contribution in [2.45, 2.75) is 38.8 Å². The normalized spacial score (nSPS) is 14.9. The van der Waals surface area contributed by atoms with Crippen molar-refractivity contribution in [1.82, 2.24) is 4.90 Å². The number of hydrogen-bond acceptors (Lipinski definition) is 2. The molecule has 1 aromatic carbocycles. The Balaban J connectivity index is 2.54. The molecule has 0 aromatic heterocycles. The van der Waals surface area contributed by atoms with Gasteiger partial charge >= 0.3 is 0 Å². The predicted octanol–water partition coefficient (Wildman–Crippen LogP) is 3.46. The maximum absolute atomic E-state index is 6.01. The largest absolute Gasteiger partial charge is 0.328 e. The zero-order valence-corrected chi connectivity index (χ0v) is 11.7. The molecule has 0 aliphatic heterocycles. The predicted molar refractivity (Wildman–Crippen MR) is 75.4 cm³/mol. The molecule has 0 saturated carbocycles. The molecule has 96 valence electrons. The van der Waals surface area contributed by atoms with Gasteiger partial charge in [0.1, 0.15) is 0 Å². The molecule has 0 aliphatic rings. The summed E-state index contributed by atoms with van der Waals surface area (Å²) < 4.78 is 0. The molecule has 1 aromatic rings. The van der Waals surface area contributed by atoms with E-state index in [1.165, 1.54) is 5.56 Å². The number of halogens is 1. The summed E-state index contributed by atoms with van der Waals surface area (Å²) in [6.45, 7) is 5.34. The first-order chi connectivity index (χ1) is 8.04. The van der Waals surface area contributed by atoms with E-state index in [0.29, 0.717) is 12.1 Å². The van der Waals surface area contributed by atoms with Gasteiger partial charge in [-0.3, -0.25) is 4.90 Å². The van der Waals surface area contributed by atoms with Gasteiger partial charge in [0.2, 0.25) is 0 Å². The highest BCUT2D eigenvalue weighted by Crippen LogP contribution is 2.22. The molecule has 0 heterocycles. The molecule has 1 rings (SSSR count). The van der Waals surface area contributed by atoms with E-state index in [9.17, 15) is 0 Å². The highest BCUT2D eigenvalue weighted by Gasteiger charge is 2.12. The lowest BCUT2D eigenvalue weighted by Gasteiger charge is -2.26. The third-order valence-corrected chi connectivity index (χ3v) is 3.60. The van der Waals surface area contributed by atoms with E-state index < -0.39 is 0 Å². The van der Waals surface area contributed by atoms with E-state index in [1.807, 2.05) is 18.2 Å². The van der Waals surface area contributed by atoms with Gasteiger partial charge in [-0.1, -0.05) is 30.7 Å². The van der Waals surface area contributed by atoms with Crippen molar-refractivity contribution in [2.24, 2.45) is 5.73 Å². The zero-order valence-electron chi connectivity index (χ0n) is 11.0. The average Bonchev–Trinajstić information content (AvgIpc) is 2.34. The van der Waals surface area contributed by atoms with Crippen molar-refractivity contribution in [3.63, 3.8) is 0 Å². The fraction of sp³-hybridized carbons (Fsp3) is 0.571. The Morgan fingerprint density at radius 3 is 2.71 bits per heavy atom. The highest BCUT2D eigenvalue weighted by molar-refractivity contribution is 6.30. The van der Waals surface area contributed by atoms with Crippen molar-refractivity contribution in [3.05, 3.63) is 34.9 Å². The Morgan fingerprint density at radius 2 is 2.12 bits per heavy atom. The van der Waals surface area contributed by atoms with E-state index in [2.05, 4.69) is 31.9 Å². The summed E-state index contributed by atoms with van der Waals surface area (Å²) in [5.41, 5.74) is 7.19. The highest BCUT2D eigenvalue weighted by atomic mass is 35.5. The summed E-state index contributed by atoms with van der Waals surface area (Å²) in [6, 6.07) is 8.74. The van der Waals surface area contributed by atoms with Gasteiger partial charge in [-0.05, 0) is 51.1 Å². The van der Waals surface area contributed by atoms with E-state index in [-0.39, 0.29) is 0 Å². The van der Waals surface area contributed by atoms with E-state index in [0.717, 1.165) is 24.4 Å². The second kappa shape index (κ2) is 7.00. The van der Waals surface area contributed by atoms with Crippen molar-refractivity contribution in [2.75, 3.05) is 13.6 Å². The second-order valence-corrected chi connectivity index (χ2v) is 5.11. The Kier molecular flexibility index (Phi) is 5.96. The molecule has 2 atom stereocenters. The van der Waals surface area contributed by atoms with Gasteiger partial charge in [-0.15, -0.1) is 0 Å². The first-order valence-corrected chi connectivity index (χ1v) is 6.63. The maximum Gasteiger partial charge on any atom is 0.0409 e. The molecule has 0 fully saturated rings. The third-order valence-electron chi connectivity index (χ3n) is 3.37. The van der Waals surface area contributed by atoms with E-state index in [1.54, 1.807) is 0 Å². The molecule has 0 spiro atoms. The van der Waals surface area contributed by atoms with E-state index >= 15 is 0 Å². The molecule has 0 radical (unpaired) electrons. The summed E-state index contributed by atoms with van der Waals surface area (Å²) in [6.07, 6.45) is 2.08. The van der Waals surface area contributed by atoms with Crippen LogP contribution < -0.4 is 5.73 Å². The van der Waals surface area contributed by atoms with Gasteiger partial charge in [0.15, 0.2) is 0 Å². The molecule has 17 heavy (non-hydrogen) atoms. The number of nitrogens with two attached hydrogens (primary N) is 1. The molecule has 0 aliphatic carbocycles. The molecular weight excluding hydrogens is 232 g/mol. The first kappa shape index (κ1) is 14.5. The molecule has 0 amide bonds. The third kappa shape index (κ3) is 4.66. The van der Waals surface area contributed by atoms with Crippen molar-refractivity contribution in [1.29, 1.82) is 0 Å². The Bertz CT molecular complexity index is 341. The number of rotatable bonds is 6. The summed E-state index contributed by atoms with van der Waals surface area (Å²) in [5, 5.41) is 0.799. The van der Waals surface area contributed by atoms with Crippen LogP contribution in [-0.4, -0.2) is 24.5 Å². The summed E-state index contributed by atoms with van der Waals surface area (Å²) in [5.74, 6) is 0. The minimum Gasteiger partial charge on any atom is -0.328 e. The minimum atomic E-state index is 0.309. The van der Waals surface area contributed by atoms with Gasteiger partial charge in [0.05, 0.1) is 0 Å². The van der Waals surface area contributed by atoms with Crippen molar-refractivity contribution >= 4 is 11.6 Å². The van der Waals surface area contributed by atoms with Crippen LogP contribution in [0.1, 0.15) is 38.3 Å². The number of nitrogens with zero attached hydrogens (tertiary/aromatic N) is 1. The van der Waals surface area contributed by atoms with Gasteiger partial charge in [-0.25, -0.2) is 0 Å². The monoisotopic (exact) mass is 254 g/mol. The Morgan fingerprint density at radius 1 is 1.41 bits per heavy atom. The Labute approximate surface area is 110 Å². The average molecular weight is 255 g/mol. The zero-order chi connectivity index (χ0) is 12.8. The van der Waals surface area contributed by atoms with Crippen molar-refractivity contribution in [3.8, 4) is 0 Å². The molecule has 2 nitrogen and oxygen atoms in total. The quantitative estimate of drug-likeness (QED) is 0.843. The van der Waals surface area contributed by atoms with Crippen LogP contribution >= 0.6 is 11.6 Å².